The first-order valence-corrected chi connectivity index (χ1v) is 6.53. The zero-order chi connectivity index (χ0) is 11.5. The van der Waals surface area contributed by atoms with Crippen LogP contribution in [0, 0.1) is 8.99 Å². The summed E-state index contributed by atoms with van der Waals surface area (Å²) in [7, 11) is 0. The number of benzene rings is 1. The second-order valence-electron chi connectivity index (χ2n) is 4.78. The van der Waals surface area contributed by atoms with E-state index < -0.39 is 0 Å². The fourth-order valence-electron chi connectivity index (χ4n) is 1.41. The van der Waals surface area contributed by atoms with Crippen molar-refractivity contribution in [3.63, 3.8) is 0 Å². The average molecular weight is 317 g/mol. The van der Waals surface area contributed by atoms with E-state index in [0.717, 1.165) is 12.8 Å². The number of hydrogen-bond donors (Lipinski definition) is 1. The smallest absolute Gasteiger partial charge is 0.0131 e. The largest absolute Gasteiger partial charge is 0.327 e. The van der Waals surface area contributed by atoms with Gasteiger partial charge in [0.25, 0.3) is 0 Å². The van der Waals surface area contributed by atoms with E-state index in [2.05, 4.69) is 67.6 Å². The van der Waals surface area contributed by atoms with Gasteiger partial charge in [0.2, 0.25) is 0 Å². The number of nitrogens with two attached hydrogens (primary N) is 1. The fraction of sp³-hybridized carbons (Fsp3) is 0.538. The number of rotatable bonds is 4. The van der Waals surface area contributed by atoms with E-state index in [-0.39, 0.29) is 11.5 Å². The highest BCUT2D eigenvalue weighted by Gasteiger charge is 2.24. The molecule has 0 saturated heterocycles. The Balaban J connectivity index is 2.66. The summed E-state index contributed by atoms with van der Waals surface area (Å²) < 4.78 is 1.28. The first-order chi connectivity index (χ1) is 6.95. The number of hydrogen-bond acceptors (Lipinski definition) is 1. The minimum atomic E-state index is 0.225. The molecule has 0 radical (unpaired) electrons. The lowest BCUT2D eigenvalue weighted by Gasteiger charge is -2.30. The molecular formula is C13H20IN. The van der Waals surface area contributed by atoms with Crippen molar-refractivity contribution in [3.05, 3.63) is 33.4 Å². The van der Waals surface area contributed by atoms with Gasteiger partial charge in [0.05, 0.1) is 0 Å². The SMILES string of the molecule is CCC(C)(C)C(N)Cc1ccc(I)cc1. The van der Waals surface area contributed by atoms with E-state index >= 15 is 0 Å². The van der Waals surface area contributed by atoms with Gasteiger partial charge in [-0.05, 0) is 58.5 Å². The summed E-state index contributed by atoms with van der Waals surface area (Å²) in [5.74, 6) is 0. The molecule has 1 unspecified atom stereocenters. The topological polar surface area (TPSA) is 26.0 Å². The van der Waals surface area contributed by atoms with Gasteiger partial charge in [-0.1, -0.05) is 32.9 Å². The zero-order valence-electron chi connectivity index (χ0n) is 9.76. The maximum absolute atomic E-state index is 6.23. The first kappa shape index (κ1) is 13.0. The zero-order valence-corrected chi connectivity index (χ0v) is 11.9. The Labute approximate surface area is 107 Å². The van der Waals surface area contributed by atoms with Crippen LogP contribution in [0.25, 0.3) is 0 Å². The molecule has 0 saturated carbocycles. The molecule has 1 aromatic carbocycles. The van der Waals surface area contributed by atoms with E-state index in [4.69, 9.17) is 5.73 Å². The van der Waals surface area contributed by atoms with Gasteiger partial charge in [0.1, 0.15) is 0 Å². The third-order valence-corrected chi connectivity index (χ3v) is 4.00. The molecule has 15 heavy (non-hydrogen) atoms. The van der Waals surface area contributed by atoms with Gasteiger partial charge in [-0.15, -0.1) is 0 Å². The third-order valence-electron chi connectivity index (χ3n) is 3.28. The van der Waals surface area contributed by atoms with Crippen molar-refractivity contribution in [1.29, 1.82) is 0 Å². The van der Waals surface area contributed by atoms with Gasteiger partial charge in [-0.2, -0.15) is 0 Å². The lowest BCUT2D eigenvalue weighted by atomic mass is 9.79. The van der Waals surface area contributed by atoms with Crippen molar-refractivity contribution in [2.45, 2.75) is 39.7 Å². The van der Waals surface area contributed by atoms with Crippen molar-refractivity contribution in [2.75, 3.05) is 0 Å². The molecule has 1 rings (SSSR count). The quantitative estimate of drug-likeness (QED) is 0.844. The summed E-state index contributed by atoms with van der Waals surface area (Å²) in [5, 5.41) is 0. The van der Waals surface area contributed by atoms with Gasteiger partial charge in [-0.25, -0.2) is 0 Å². The van der Waals surface area contributed by atoms with Crippen LogP contribution in [0.15, 0.2) is 24.3 Å². The first-order valence-electron chi connectivity index (χ1n) is 5.45. The van der Waals surface area contributed by atoms with Crippen LogP contribution in [0.4, 0.5) is 0 Å². The van der Waals surface area contributed by atoms with Crippen LogP contribution in [-0.4, -0.2) is 6.04 Å². The molecule has 84 valence electrons. The molecule has 1 atom stereocenters. The highest BCUT2D eigenvalue weighted by atomic mass is 127. The summed E-state index contributed by atoms with van der Waals surface area (Å²) in [5.41, 5.74) is 7.79. The summed E-state index contributed by atoms with van der Waals surface area (Å²) in [6, 6.07) is 8.87. The van der Waals surface area contributed by atoms with Crippen LogP contribution >= 0.6 is 22.6 Å². The predicted octanol–water partition coefficient (Wildman–Crippen LogP) is 3.60. The minimum absolute atomic E-state index is 0.225. The highest BCUT2D eigenvalue weighted by Crippen LogP contribution is 2.25. The fourth-order valence-corrected chi connectivity index (χ4v) is 1.77. The molecule has 0 spiro atoms. The molecule has 2 heteroatoms. The second kappa shape index (κ2) is 5.30. The lowest BCUT2D eigenvalue weighted by Crippen LogP contribution is -2.38. The van der Waals surface area contributed by atoms with Crippen LogP contribution in [0.1, 0.15) is 32.8 Å². The molecule has 0 aromatic heterocycles. The van der Waals surface area contributed by atoms with E-state index in [1.54, 1.807) is 0 Å². The van der Waals surface area contributed by atoms with Gasteiger partial charge in [0.15, 0.2) is 0 Å². The van der Waals surface area contributed by atoms with Crippen LogP contribution in [0.3, 0.4) is 0 Å². The average Bonchev–Trinajstić information content (AvgIpc) is 2.21. The standard InChI is InChI=1S/C13H20IN/c1-4-13(2,3)12(15)9-10-5-7-11(14)8-6-10/h5-8,12H,4,9,15H2,1-3H3. The van der Waals surface area contributed by atoms with Crippen LogP contribution < -0.4 is 5.73 Å². The van der Waals surface area contributed by atoms with Crippen LogP contribution in [-0.2, 0) is 6.42 Å². The molecular weight excluding hydrogens is 297 g/mol. The molecule has 2 N–H and O–H groups in total. The van der Waals surface area contributed by atoms with Gasteiger partial charge in [0, 0.05) is 9.61 Å². The highest BCUT2D eigenvalue weighted by molar-refractivity contribution is 14.1. The molecule has 0 fully saturated rings. The van der Waals surface area contributed by atoms with Crippen LogP contribution in [0.2, 0.25) is 0 Å². The minimum Gasteiger partial charge on any atom is -0.327 e. The van der Waals surface area contributed by atoms with Crippen molar-refractivity contribution in [3.8, 4) is 0 Å². The van der Waals surface area contributed by atoms with Gasteiger partial charge < -0.3 is 5.73 Å². The van der Waals surface area contributed by atoms with E-state index in [1.807, 2.05) is 0 Å². The Morgan fingerprint density at radius 1 is 1.27 bits per heavy atom. The molecule has 0 aliphatic heterocycles. The normalized spacial score (nSPS) is 13.9. The molecule has 0 aliphatic rings. The Morgan fingerprint density at radius 2 is 1.80 bits per heavy atom. The Hall–Kier alpha value is -0.0900. The lowest BCUT2D eigenvalue weighted by molar-refractivity contribution is 0.272. The molecule has 1 aromatic rings. The van der Waals surface area contributed by atoms with E-state index in [0.29, 0.717) is 0 Å². The number of halogens is 1. The van der Waals surface area contributed by atoms with E-state index in [9.17, 15) is 0 Å². The predicted molar refractivity (Wildman–Crippen MR) is 74.9 cm³/mol. The van der Waals surface area contributed by atoms with Gasteiger partial charge >= 0.3 is 0 Å². The van der Waals surface area contributed by atoms with Gasteiger partial charge in [-0.3, -0.25) is 0 Å². The molecule has 0 aliphatic carbocycles. The third kappa shape index (κ3) is 3.76. The molecule has 0 heterocycles. The maximum atomic E-state index is 6.23. The van der Waals surface area contributed by atoms with Crippen molar-refractivity contribution >= 4 is 22.6 Å². The van der Waals surface area contributed by atoms with E-state index in [1.165, 1.54) is 9.13 Å². The monoisotopic (exact) mass is 317 g/mol. The molecule has 1 nitrogen and oxygen atoms in total. The molecule has 0 amide bonds. The Morgan fingerprint density at radius 3 is 2.27 bits per heavy atom. The van der Waals surface area contributed by atoms with Crippen molar-refractivity contribution in [2.24, 2.45) is 11.1 Å². The summed E-state index contributed by atoms with van der Waals surface area (Å²) in [6.07, 6.45) is 2.09. The summed E-state index contributed by atoms with van der Waals surface area (Å²) >= 11 is 2.32. The Kier molecular flexibility index (Phi) is 4.59. The maximum Gasteiger partial charge on any atom is 0.0131 e. The van der Waals surface area contributed by atoms with Crippen molar-refractivity contribution in [1.82, 2.24) is 0 Å². The van der Waals surface area contributed by atoms with Crippen LogP contribution in [0.5, 0.6) is 0 Å². The summed E-state index contributed by atoms with van der Waals surface area (Å²) in [6.45, 7) is 6.68. The summed E-state index contributed by atoms with van der Waals surface area (Å²) in [4.78, 5) is 0. The second-order valence-corrected chi connectivity index (χ2v) is 6.02. The van der Waals surface area contributed by atoms with Crippen molar-refractivity contribution < 1.29 is 0 Å². The molecule has 0 bridgehead atoms. The Bertz CT molecular complexity index is 303.